The van der Waals surface area contributed by atoms with Crippen LogP contribution in [0.4, 0.5) is 18.9 Å². The molecule has 28 heavy (non-hydrogen) atoms. The number of carbonyl (C=O) groups excluding carboxylic acids is 2. The highest BCUT2D eigenvalue weighted by molar-refractivity contribution is 8.15. The van der Waals surface area contributed by atoms with Crippen LogP contribution in [-0.2, 0) is 22.3 Å². The van der Waals surface area contributed by atoms with Crippen LogP contribution in [0.3, 0.4) is 0 Å². The first-order valence-corrected chi connectivity index (χ1v) is 9.23. The van der Waals surface area contributed by atoms with E-state index in [1.807, 2.05) is 30.3 Å². The number of carbonyl (C=O) groups is 2. The van der Waals surface area contributed by atoms with E-state index in [2.05, 4.69) is 15.6 Å². The highest BCUT2D eigenvalue weighted by atomic mass is 32.2. The highest BCUT2D eigenvalue weighted by Crippen LogP contribution is 2.34. The van der Waals surface area contributed by atoms with E-state index in [0.717, 1.165) is 23.4 Å². The summed E-state index contributed by atoms with van der Waals surface area (Å²) in [5.74, 6) is -1.07. The molecule has 5 nitrogen and oxygen atoms in total. The maximum absolute atomic E-state index is 13.0. The molecule has 0 aliphatic carbocycles. The SMILES string of the molecule is O=C(C[C@@H]1SC(=NCc2ccccc2)NC1=O)Nc1ccccc1C(F)(F)F. The summed E-state index contributed by atoms with van der Waals surface area (Å²) in [4.78, 5) is 28.5. The van der Waals surface area contributed by atoms with Gasteiger partial charge in [-0.2, -0.15) is 13.2 Å². The number of alkyl halides is 3. The van der Waals surface area contributed by atoms with Crippen molar-refractivity contribution in [2.45, 2.75) is 24.4 Å². The van der Waals surface area contributed by atoms with Crippen molar-refractivity contribution in [3.63, 3.8) is 0 Å². The molecule has 0 unspecified atom stereocenters. The van der Waals surface area contributed by atoms with Gasteiger partial charge in [-0.1, -0.05) is 54.2 Å². The Morgan fingerprint density at radius 1 is 1.11 bits per heavy atom. The third kappa shape index (κ3) is 5.13. The van der Waals surface area contributed by atoms with Gasteiger partial charge in [-0.15, -0.1) is 0 Å². The van der Waals surface area contributed by atoms with E-state index < -0.39 is 28.8 Å². The van der Waals surface area contributed by atoms with Crippen LogP contribution >= 0.6 is 11.8 Å². The van der Waals surface area contributed by atoms with Gasteiger partial charge in [0, 0.05) is 6.42 Å². The first-order valence-electron chi connectivity index (χ1n) is 8.35. The molecular formula is C19H16F3N3O2S. The van der Waals surface area contributed by atoms with Crippen LogP contribution in [0, 0.1) is 0 Å². The molecule has 1 saturated heterocycles. The van der Waals surface area contributed by atoms with Crippen LogP contribution < -0.4 is 10.6 Å². The predicted molar refractivity (Wildman–Crippen MR) is 102 cm³/mol. The van der Waals surface area contributed by atoms with E-state index in [9.17, 15) is 22.8 Å². The van der Waals surface area contributed by atoms with Crippen molar-refractivity contribution in [1.82, 2.24) is 5.32 Å². The van der Waals surface area contributed by atoms with Gasteiger partial charge in [0.05, 0.1) is 17.8 Å². The second-order valence-corrected chi connectivity index (χ2v) is 7.19. The van der Waals surface area contributed by atoms with Gasteiger partial charge in [-0.3, -0.25) is 14.6 Å². The first-order chi connectivity index (χ1) is 13.3. The molecular weight excluding hydrogens is 391 g/mol. The number of amidine groups is 1. The van der Waals surface area contributed by atoms with E-state index in [1.165, 1.54) is 18.2 Å². The molecule has 3 rings (SSSR count). The van der Waals surface area contributed by atoms with Gasteiger partial charge in [0.25, 0.3) is 0 Å². The quantitative estimate of drug-likeness (QED) is 0.792. The fraction of sp³-hybridized carbons (Fsp3) is 0.211. The van der Waals surface area contributed by atoms with Crippen LogP contribution in [0.5, 0.6) is 0 Å². The summed E-state index contributed by atoms with van der Waals surface area (Å²) < 4.78 is 39.0. The third-order valence-electron chi connectivity index (χ3n) is 3.90. The van der Waals surface area contributed by atoms with Crippen molar-refractivity contribution >= 4 is 34.4 Å². The van der Waals surface area contributed by atoms with Gasteiger partial charge in [-0.05, 0) is 17.7 Å². The molecule has 1 atom stereocenters. The van der Waals surface area contributed by atoms with Gasteiger partial charge in [-0.25, -0.2) is 0 Å². The monoisotopic (exact) mass is 407 g/mol. The molecule has 146 valence electrons. The van der Waals surface area contributed by atoms with Crippen LogP contribution in [0.15, 0.2) is 59.6 Å². The van der Waals surface area contributed by atoms with Crippen LogP contribution in [0.1, 0.15) is 17.5 Å². The summed E-state index contributed by atoms with van der Waals surface area (Å²) in [6.07, 6.45) is -4.84. The van der Waals surface area contributed by atoms with E-state index in [1.54, 1.807) is 0 Å². The molecule has 0 bridgehead atoms. The lowest BCUT2D eigenvalue weighted by Crippen LogP contribution is -2.28. The van der Waals surface area contributed by atoms with Crippen LogP contribution in [-0.4, -0.2) is 22.2 Å². The molecule has 2 N–H and O–H groups in total. The number of nitrogens with zero attached hydrogens (tertiary/aromatic N) is 1. The third-order valence-corrected chi connectivity index (χ3v) is 5.02. The molecule has 0 radical (unpaired) electrons. The second-order valence-electron chi connectivity index (χ2n) is 6.00. The Morgan fingerprint density at radius 2 is 1.79 bits per heavy atom. The van der Waals surface area contributed by atoms with Crippen LogP contribution in [0.25, 0.3) is 0 Å². The van der Waals surface area contributed by atoms with Crippen LogP contribution in [0.2, 0.25) is 0 Å². The van der Waals surface area contributed by atoms with E-state index in [-0.39, 0.29) is 12.1 Å². The maximum atomic E-state index is 13.0. The Hall–Kier alpha value is -2.81. The fourth-order valence-corrected chi connectivity index (χ4v) is 3.54. The molecule has 2 aromatic rings. The lowest BCUT2D eigenvalue weighted by Gasteiger charge is -2.14. The number of hydrogen-bond donors (Lipinski definition) is 2. The minimum absolute atomic E-state index is 0.257. The van der Waals surface area contributed by atoms with Gasteiger partial charge in [0.15, 0.2) is 5.17 Å². The fourth-order valence-electron chi connectivity index (χ4n) is 2.57. The molecule has 1 heterocycles. The smallest absolute Gasteiger partial charge is 0.325 e. The summed E-state index contributed by atoms with van der Waals surface area (Å²) in [6, 6.07) is 14.1. The van der Waals surface area contributed by atoms with E-state index in [0.29, 0.717) is 11.7 Å². The predicted octanol–water partition coefficient (Wildman–Crippen LogP) is 3.82. The topological polar surface area (TPSA) is 70.6 Å². The Morgan fingerprint density at radius 3 is 2.50 bits per heavy atom. The maximum Gasteiger partial charge on any atom is 0.418 e. The lowest BCUT2D eigenvalue weighted by molar-refractivity contribution is -0.137. The standard InChI is InChI=1S/C19H16F3N3O2S/c20-19(21,22)13-8-4-5-9-14(13)24-16(26)10-15-17(27)25-18(28-15)23-11-12-6-2-1-3-7-12/h1-9,15H,10-11H2,(H,24,26)(H,23,25,27)/t15-/m0/s1. The summed E-state index contributed by atoms with van der Waals surface area (Å²) >= 11 is 1.09. The average molecular weight is 407 g/mol. The molecule has 1 aliphatic heterocycles. The molecule has 0 spiro atoms. The lowest BCUT2D eigenvalue weighted by atomic mass is 10.1. The van der Waals surface area contributed by atoms with Crippen molar-refractivity contribution < 1.29 is 22.8 Å². The summed E-state index contributed by atoms with van der Waals surface area (Å²) in [7, 11) is 0. The summed E-state index contributed by atoms with van der Waals surface area (Å²) in [6.45, 7) is 0.376. The number of para-hydroxylation sites is 1. The summed E-state index contributed by atoms with van der Waals surface area (Å²) in [5, 5.41) is 4.49. The van der Waals surface area contributed by atoms with Gasteiger partial charge >= 0.3 is 6.18 Å². The normalized spacial score (nSPS) is 18.2. The van der Waals surface area contributed by atoms with E-state index >= 15 is 0 Å². The van der Waals surface area contributed by atoms with Crippen molar-refractivity contribution in [2.24, 2.45) is 4.99 Å². The van der Waals surface area contributed by atoms with Crippen molar-refractivity contribution in [3.8, 4) is 0 Å². The minimum atomic E-state index is -4.58. The zero-order chi connectivity index (χ0) is 20.1. The molecule has 1 fully saturated rings. The molecule has 0 aromatic heterocycles. The Kier molecular flexibility index (Phi) is 6.03. The van der Waals surface area contributed by atoms with Crippen molar-refractivity contribution in [3.05, 3.63) is 65.7 Å². The number of benzene rings is 2. The molecule has 0 saturated carbocycles. The largest absolute Gasteiger partial charge is 0.418 e. The number of nitrogens with one attached hydrogen (secondary N) is 2. The Labute approximate surface area is 163 Å². The molecule has 2 aromatic carbocycles. The number of anilines is 1. The second kappa shape index (κ2) is 8.47. The Bertz CT molecular complexity index is 901. The Balaban J connectivity index is 1.60. The van der Waals surface area contributed by atoms with E-state index in [4.69, 9.17) is 0 Å². The van der Waals surface area contributed by atoms with Gasteiger partial charge < -0.3 is 10.6 Å². The number of aliphatic imine (C=N–C) groups is 1. The number of amides is 2. The highest BCUT2D eigenvalue weighted by Gasteiger charge is 2.35. The molecule has 9 heteroatoms. The van der Waals surface area contributed by atoms with Crippen molar-refractivity contribution in [1.29, 1.82) is 0 Å². The molecule has 1 aliphatic rings. The zero-order valence-corrected chi connectivity index (χ0v) is 15.3. The number of halogens is 3. The van der Waals surface area contributed by atoms with Crippen molar-refractivity contribution in [2.75, 3.05) is 5.32 Å². The van der Waals surface area contributed by atoms with Gasteiger partial charge in [0.1, 0.15) is 5.25 Å². The average Bonchev–Trinajstić information content (AvgIpc) is 3.00. The summed E-state index contributed by atoms with van der Waals surface area (Å²) in [5.41, 5.74) is -0.298. The minimum Gasteiger partial charge on any atom is -0.325 e. The first kappa shape index (κ1) is 19.9. The molecule has 2 amide bonds. The number of thioether (sulfide) groups is 1. The number of rotatable bonds is 5. The zero-order valence-electron chi connectivity index (χ0n) is 14.5. The number of hydrogen-bond acceptors (Lipinski definition) is 4. The van der Waals surface area contributed by atoms with Gasteiger partial charge in [0.2, 0.25) is 11.8 Å².